The zero-order valence-corrected chi connectivity index (χ0v) is 9.79. The van der Waals surface area contributed by atoms with Gasteiger partial charge in [0.15, 0.2) is 0 Å². The molecule has 0 saturated heterocycles. The van der Waals surface area contributed by atoms with Crippen molar-refractivity contribution in [2.24, 2.45) is 0 Å². The van der Waals surface area contributed by atoms with E-state index in [1.165, 1.54) is 0 Å². The van der Waals surface area contributed by atoms with E-state index in [-0.39, 0.29) is 0 Å². The van der Waals surface area contributed by atoms with Crippen molar-refractivity contribution in [2.75, 3.05) is 5.88 Å². The van der Waals surface area contributed by atoms with E-state index in [1.54, 1.807) is 6.92 Å². The summed E-state index contributed by atoms with van der Waals surface area (Å²) in [6.45, 7) is 1.64. The SMILES string of the molecule is CC(Cl)(Cl)CC(Cl)(Cl)CCCl. The van der Waals surface area contributed by atoms with Crippen LogP contribution in [-0.4, -0.2) is 14.5 Å². The second-order valence-electron chi connectivity index (χ2n) is 2.54. The maximum Gasteiger partial charge on any atom is 0.122 e. The van der Waals surface area contributed by atoms with Crippen molar-refractivity contribution in [3.63, 3.8) is 0 Å². The Bertz CT molecular complexity index is 115. The second kappa shape index (κ2) is 4.62. The van der Waals surface area contributed by atoms with Crippen molar-refractivity contribution in [1.29, 1.82) is 0 Å². The molecule has 0 aromatic carbocycles. The zero-order valence-electron chi connectivity index (χ0n) is 6.01. The molecule has 0 aliphatic heterocycles. The summed E-state index contributed by atoms with van der Waals surface area (Å²) < 4.78 is -1.81. The van der Waals surface area contributed by atoms with E-state index in [4.69, 9.17) is 58.0 Å². The molecule has 0 heterocycles. The van der Waals surface area contributed by atoms with Crippen molar-refractivity contribution in [1.82, 2.24) is 0 Å². The fourth-order valence-electron chi connectivity index (χ4n) is 0.681. The van der Waals surface area contributed by atoms with E-state index in [2.05, 4.69) is 0 Å². The third-order valence-electron chi connectivity index (χ3n) is 1.03. The summed E-state index contributed by atoms with van der Waals surface area (Å²) in [5, 5.41) is 0. The van der Waals surface area contributed by atoms with Gasteiger partial charge in [0.05, 0.1) is 0 Å². The first kappa shape index (κ1) is 12.4. The molecule has 0 atom stereocenters. The van der Waals surface area contributed by atoms with Gasteiger partial charge in [0.1, 0.15) is 8.67 Å². The van der Waals surface area contributed by atoms with Gasteiger partial charge in [-0.15, -0.1) is 58.0 Å². The van der Waals surface area contributed by atoms with Crippen LogP contribution in [0.5, 0.6) is 0 Å². The number of hydrogen-bond donors (Lipinski definition) is 0. The molecule has 0 bridgehead atoms. The van der Waals surface area contributed by atoms with Gasteiger partial charge >= 0.3 is 0 Å². The van der Waals surface area contributed by atoms with Crippen LogP contribution in [0.4, 0.5) is 0 Å². The van der Waals surface area contributed by atoms with Gasteiger partial charge in [-0.3, -0.25) is 0 Å². The highest BCUT2D eigenvalue weighted by molar-refractivity contribution is 6.52. The average molecular weight is 258 g/mol. The van der Waals surface area contributed by atoms with E-state index < -0.39 is 8.67 Å². The molecular weight excluding hydrogens is 249 g/mol. The Balaban J connectivity index is 3.91. The van der Waals surface area contributed by atoms with Crippen LogP contribution in [0.15, 0.2) is 0 Å². The molecule has 0 aliphatic rings. The molecule has 0 spiro atoms. The second-order valence-corrected chi connectivity index (χ2v) is 6.42. The van der Waals surface area contributed by atoms with Crippen LogP contribution in [0.1, 0.15) is 19.8 Å². The van der Waals surface area contributed by atoms with Crippen LogP contribution in [-0.2, 0) is 0 Å². The first-order valence-corrected chi connectivity index (χ1v) is 5.13. The molecule has 11 heavy (non-hydrogen) atoms. The van der Waals surface area contributed by atoms with E-state index in [0.717, 1.165) is 0 Å². The molecule has 5 heteroatoms. The van der Waals surface area contributed by atoms with Crippen molar-refractivity contribution in [2.45, 2.75) is 28.4 Å². The minimum atomic E-state index is -0.917. The summed E-state index contributed by atoms with van der Waals surface area (Å²) in [6.07, 6.45) is 0.783. The van der Waals surface area contributed by atoms with Crippen LogP contribution < -0.4 is 0 Å². The minimum Gasteiger partial charge on any atom is -0.127 e. The van der Waals surface area contributed by atoms with Gasteiger partial charge in [0.25, 0.3) is 0 Å². The minimum absolute atomic E-state index is 0.305. The molecule has 0 fully saturated rings. The Labute approximate surface area is 92.1 Å². The average Bonchev–Trinajstić information content (AvgIpc) is 1.55. The lowest BCUT2D eigenvalue weighted by Crippen LogP contribution is -2.23. The highest BCUT2D eigenvalue weighted by Crippen LogP contribution is 2.39. The number of hydrogen-bond acceptors (Lipinski definition) is 0. The third-order valence-corrected chi connectivity index (χ3v) is 2.13. The molecule has 0 radical (unpaired) electrons. The van der Waals surface area contributed by atoms with Crippen LogP contribution in [0.25, 0.3) is 0 Å². The monoisotopic (exact) mass is 256 g/mol. The summed E-state index contributed by atoms with van der Waals surface area (Å²) in [4.78, 5) is 0. The number of alkyl halides is 5. The maximum absolute atomic E-state index is 5.83. The summed E-state index contributed by atoms with van der Waals surface area (Å²) in [5.74, 6) is 0.400. The summed E-state index contributed by atoms with van der Waals surface area (Å²) in [6, 6.07) is 0. The number of halogens is 5. The normalized spacial score (nSPS) is 13.6. The van der Waals surface area contributed by atoms with Crippen LogP contribution in [0.2, 0.25) is 0 Å². The van der Waals surface area contributed by atoms with E-state index in [9.17, 15) is 0 Å². The van der Waals surface area contributed by atoms with Gasteiger partial charge in [-0.1, -0.05) is 0 Å². The maximum atomic E-state index is 5.83. The lowest BCUT2D eigenvalue weighted by molar-refractivity contribution is 0.633. The van der Waals surface area contributed by atoms with Gasteiger partial charge in [-0.2, -0.15) is 0 Å². The third kappa shape index (κ3) is 7.80. The molecule has 0 aliphatic carbocycles. The van der Waals surface area contributed by atoms with Gasteiger partial charge in [-0.05, 0) is 13.3 Å². The largest absolute Gasteiger partial charge is 0.127 e. The first-order valence-electron chi connectivity index (χ1n) is 3.08. The fraction of sp³-hybridized carbons (Fsp3) is 1.00. The van der Waals surface area contributed by atoms with Gasteiger partial charge in [0, 0.05) is 12.3 Å². The fourth-order valence-corrected chi connectivity index (χ4v) is 2.65. The Morgan fingerprint density at radius 2 is 1.55 bits per heavy atom. The van der Waals surface area contributed by atoms with E-state index in [1.807, 2.05) is 0 Å². The Morgan fingerprint density at radius 1 is 1.09 bits per heavy atom. The van der Waals surface area contributed by atoms with Crippen LogP contribution in [0.3, 0.4) is 0 Å². The highest BCUT2D eigenvalue weighted by atomic mass is 35.5. The van der Waals surface area contributed by atoms with E-state index >= 15 is 0 Å². The molecule has 0 nitrogen and oxygen atoms in total. The molecule has 0 unspecified atom stereocenters. The molecule has 0 N–H and O–H groups in total. The molecule has 0 aromatic heterocycles. The Morgan fingerprint density at radius 3 is 1.82 bits per heavy atom. The van der Waals surface area contributed by atoms with Crippen LogP contribution in [0, 0.1) is 0 Å². The predicted octanol–water partition coefficient (Wildman–Crippen LogP) is 4.37. The standard InChI is InChI=1S/C6H9Cl5/c1-5(8,9)4-6(10,11)2-3-7/h2-4H2,1H3. The van der Waals surface area contributed by atoms with Crippen molar-refractivity contribution < 1.29 is 0 Å². The topological polar surface area (TPSA) is 0 Å². The highest BCUT2D eigenvalue weighted by Gasteiger charge is 2.32. The van der Waals surface area contributed by atoms with Gasteiger partial charge in [-0.25, -0.2) is 0 Å². The number of rotatable bonds is 4. The van der Waals surface area contributed by atoms with Crippen molar-refractivity contribution >= 4 is 58.0 Å². The molecule has 0 amide bonds. The molecule has 0 saturated carbocycles. The molecule has 68 valence electrons. The van der Waals surface area contributed by atoms with Gasteiger partial charge < -0.3 is 0 Å². The Hall–Kier alpha value is 1.45. The van der Waals surface area contributed by atoms with Crippen molar-refractivity contribution in [3.05, 3.63) is 0 Å². The van der Waals surface area contributed by atoms with Crippen molar-refractivity contribution in [3.8, 4) is 0 Å². The first-order chi connectivity index (χ1) is 4.77. The quantitative estimate of drug-likeness (QED) is 0.657. The lowest BCUT2D eigenvalue weighted by Gasteiger charge is -2.24. The summed E-state index contributed by atoms with van der Waals surface area (Å²) >= 11 is 28.5. The smallest absolute Gasteiger partial charge is 0.122 e. The Kier molecular flexibility index (Phi) is 5.23. The van der Waals surface area contributed by atoms with Gasteiger partial charge in [0.2, 0.25) is 0 Å². The molecule has 0 rings (SSSR count). The summed E-state index contributed by atoms with van der Waals surface area (Å²) in [7, 11) is 0. The van der Waals surface area contributed by atoms with E-state index in [0.29, 0.717) is 18.7 Å². The lowest BCUT2D eigenvalue weighted by atomic mass is 10.2. The van der Waals surface area contributed by atoms with Crippen LogP contribution >= 0.6 is 58.0 Å². The zero-order chi connectivity index (χ0) is 9.12. The predicted molar refractivity (Wildman–Crippen MR) is 54.5 cm³/mol. The summed E-state index contributed by atoms with van der Waals surface area (Å²) in [5.41, 5.74) is 0. The molecule has 0 aromatic rings. The molecular formula is C6H9Cl5.